The molecule has 6 nitrogen and oxygen atoms in total. The van der Waals surface area contributed by atoms with E-state index in [2.05, 4.69) is 4.72 Å². The molecule has 0 aliphatic rings. The minimum absolute atomic E-state index is 0.0302. The van der Waals surface area contributed by atoms with Crippen LogP contribution >= 0.6 is 0 Å². The van der Waals surface area contributed by atoms with Gasteiger partial charge in [-0.3, -0.25) is 0 Å². The van der Waals surface area contributed by atoms with Crippen molar-refractivity contribution in [3.8, 4) is 0 Å². The number of nitrogens with one attached hydrogen (secondary N) is 1. The van der Waals surface area contributed by atoms with Crippen LogP contribution in [-0.4, -0.2) is 16.8 Å². The van der Waals surface area contributed by atoms with Crippen LogP contribution in [0, 0.1) is 27.7 Å². The van der Waals surface area contributed by atoms with E-state index in [0.29, 0.717) is 16.7 Å². The molecule has 0 spiro atoms. The Hall–Kier alpha value is -1.74. The van der Waals surface area contributed by atoms with E-state index in [1.54, 1.807) is 19.9 Å². The minimum Gasteiger partial charge on any atom is -0.225 e. The van der Waals surface area contributed by atoms with Crippen LogP contribution in [0.1, 0.15) is 27.8 Å². The topological polar surface area (TPSA) is 106 Å². The number of primary sulfonamides is 1. The molecule has 2 aromatic carbocycles. The predicted octanol–water partition coefficient (Wildman–Crippen LogP) is 2.05. The molecule has 25 heavy (non-hydrogen) atoms. The summed E-state index contributed by atoms with van der Waals surface area (Å²) >= 11 is 0. The van der Waals surface area contributed by atoms with Gasteiger partial charge >= 0.3 is 0 Å². The van der Waals surface area contributed by atoms with Crippen LogP contribution in [-0.2, 0) is 26.6 Å². The average molecular weight is 383 g/mol. The lowest BCUT2D eigenvalue weighted by Crippen LogP contribution is -2.25. The first-order valence-corrected chi connectivity index (χ1v) is 10.7. The Morgan fingerprint density at radius 1 is 0.920 bits per heavy atom. The average Bonchev–Trinajstić information content (AvgIpc) is 2.51. The molecule has 0 unspecified atom stereocenters. The van der Waals surface area contributed by atoms with Gasteiger partial charge in [-0.05, 0) is 67.6 Å². The molecular weight excluding hydrogens is 360 g/mol. The maximum Gasteiger partial charge on any atom is 0.241 e. The second-order valence-electron chi connectivity index (χ2n) is 6.11. The van der Waals surface area contributed by atoms with Crippen molar-refractivity contribution in [3.05, 3.63) is 58.1 Å². The van der Waals surface area contributed by atoms with Crippen molar-refractivity contribution >= 4 is 20.0 Å². The highest BCUT2D eigenvalue weighted by Gasteiger charge is 2.22. The molecule has 0 radical (unpaired) electrons. The lowest BCUT2D eigenvalue weighted by molar-refractivity contribution is 0.579. The molecule has 2 aromatic rings. The number of hydrogen-bond acceptors (Lipinski definition) is 4. The molecule has 0 aliphatic carbocycles. The summed E-state index contributed by atoms with van der Waals surface area (Å²) in [7, 11) is -7.58. The summed E-state index contributed by atoms with van der Waals surface area (Å²) in [5.74, 6) is 0. The third-order valence-electron chi connectivity index (χ3n) is 4.26. The maximum atomic E-state index is 12.8. The molecule has 2 rings (SSSR count). The second-order valence-corrected chi connectivity index (χ2v) is 9.37. The van der Waals surface area contributed by atoms with Gasteiger partial charge in [0.05, 0.1) is 9.79 Å². The zero-order valence-corrected chi connectivity index (χ0v) is 16.3. The van der Waals surface area contributed by atoms with E-state index in [1.807, 2.05) is 19.9 Å². The first kappa shape index (κ1) is 19.6. The lowest BCUT2D eigenvalue weighted by atomic mass is 10.0. The third-order valence-corrected chi connectivity index (χ3v) is 6.84. The summed E-state index contributed by atoms with van der Waals surface area (Å²) < 4.78 is 50.9. The molecule has 0 saturated heterocycles. The van der Waals surface area contributed by atoms with Crippen LogP contribution < -0.4 is 9.86 Å². The van der Waals surface area contributed by atoms with Gasteiger partial charge in [0.1, 0.15) is 0 Å². The quantitative estimate of drug-likeness (QED) is 0.825. The maximum absolute atomic E-state index is 12.8. The van der Waals surface area contributed by atoms with E-state index in [0.717, 1.165) is 11.1 Å². The van der Waals surface area contributed by atoms with Gasteiger partial charge in [0, 0.05) is 6.54 Å². The minimum atomic E-state index is -3.83. The Morgan fingerprint density at radius 2 is 1.48 bits per heavy atom. The normalized spacial score (nSPS) is 12.4. The molecule has 0 aliphatic heterocycles. The standard InChI is InChI=1S/C17H22N2O4S2/c1-11-8-12(2)14(4)17(13(11)3)25(22,23)19-10-15-6-5-7-16(9-15)24(18,20)21/h5-9,19H,10H2,1-4H3,(H2,18,20,21). The Kier molecular flexibility index (Phi) is 5.38. The first-order valence-electron chi connectivity index (χ1n) is 7.62. The van der Waals surface area contributed by atoms with Crippen molar-refractivity contribution in [1.29, 1.82) is 0 Å². The van der Waals surface area contributed by atoms with Crippen LogP contribution in [0.2, 0.25) is 0 Å². The summed E-state index contributed by atoms with van der Waals surface area (Å²) in [6.45, 7) is 7.26. The van der Waals surface area contributed by atoms with Crippen molar-refractivity contribution in [1.82, 2.24) is 4.72 Å². The molecule has 3 N–H and O–H groups in total. The Labute approximate surface area is 149 Å². The SMILES string of the molecule is Cc1cc(C)c(C)c(S(=O)(=O)NCc2cccc(S(N)(=O)=O)c2)c1C. The van der Waals surface area contributed by atoms with Crippen LogP contribution in [0.25, 0.3) is 0 Å². The van der Waals surface area contributed by atoms with Crippen molar-refractivity contribution < 1.29 is 16.8 Å². The van der Waals surface area contributed by atoms with E-state index >= 15 is 0 Å². The molecule has 136 valence electrons. The van der Waals surface area contributed by atoms with Crippen LogP contribution in [0.5, 0.6) is 0 Å². The molecule has 0 amide bonds. The van der Waals surface area contributed by atoms with Gasteiger partial charge in [-0.2, -0.15) is 0 Å². The number of sulfonamides is 2. The van der Waals surface area contributed by atoms with E-state index in [9.17, 15) is 16.8 Å². The fraction of sp³-hybridized carbons (Fsp3) is 0.294. The highest BCUT2D eigenvalue weighted by Crippen LogP contribution is 2.26. The summed E-state index contributed by atoms with van der Waals surface area (Å²) in [4.78, 5) is 0.218. The van der Waals surface area contributed by atoms with E-state index in [4.69, 9.17) is 5.14 Å². The van der Waals surface area contributed by atoms with Crippen molar-refractivity contribution in [2.24, 2.45) is 5.14 Å². The highest BCUT2D eigenvalue weighted by molar-refractivity contribution is 7.89. The number of rotatable bonds is 5. The second kappa shape index (κ2) is 6.87. The molecular formula is C17H22N2O4S2. The van der Waals surface area contributed by atoms with Crippen molar-refractivity contribution in [2.45, 2.75) is 44.0 Å². The van der Waals surface area contributed by atoms with Gasteiger partial charge in [-0.15, -0.1) is 0 Å². The fourth-order valence-electron chi connectivity index (χ4n) is 2.67. The molecule has 0 aromatic heterocycles. The van der Waals surface area contributed by atoms with Gasteiger partial charge < -0.3 is 0 Å². The van der Waals surface area contributed by atoms with Crippen molar-refractivity contribution in [3.63, 3.8) is 0 Å². The number of nitrogens with two attached hydrogens (primary N) is 1. The van der Waals surface area contributed by atoms with Crippen LogP contribution in [0.4, 0.5) is 0 Å². The summed E-state index contributed by atoms with van der Waals surface area (Å²) in [5, 5.41) is 5.11. The lowest BCUT2D eigenvalue weighted by Gasteiger charge is -2.16. The summed E-state index contributed by atoms with van der Waals surface area (Å²) in [6.07, 6.45) is 0. The zero-order valence-electron chi connectivity index (χ0n) is 14.6. The highest BCUT2D eigenvalue weighted by atomic mass is 32.2. The smallest absolute Gasteiger partial charge is 0.225 e. The molecule has 8 heteroatoms. The largest absolute Gasteiger partial charge is 0.241 e. The van der Waals surface area contributed by atoms with E-state index < -0.39 is 20.0 Å². The molecule has 0 heterocycles. The monoisotopic (exact) mass is 382 g/mol. The third kappa shape index (κ3) is 4.27. The molecule has 0 saturated carbocycles. The Bertz CT molecular complexity index is 1000. The number of benzene rings is 2. The Morgan fingerprint density at radius 3 is 2.00 bits per heavy atom. The van der Waals surface area contributed by atoms with Gasteiger partial charge in [0.25, 0.3) is 0 Å². The first-order chi connectivity index (χ1) is 11.4. The van der Waals surface area contributed by atoms with Gasteiger partial charge in [-0.25, -0.2) is 26.7 Å². The predicted molar refractivity (Wildman–Crippen MR) is 97.2 cm³/mol. The number of hydrogen-bond donors (Lipinski definition) is 2. The zero-order chi connectivity index (χ0) is 19.0. The van der Waals surface area contributed by atoms with Crippen LogP contribution in [0.3, 0.4) is 0 Å². The van der Waals surface area contributed by atoms with Crippen molar-refractivity contribution in [2.75, 3.05) is 0 Å². The summed E-state index contributed by atoms with van der Waals surface area (Å²) in [5.41, 5.74) is 3.72. The van der Waals surface area contributed by atoms with Crippen LogP contribution in [0.15, 0.2) is 40.1 Å². The molecule has 0 atom stereocenters. The van der Waals surface area contributed by atoms with Gasteiger partial charge in [0.2, 0.25) is 20.0 Å². The number of aryl methyl sites for hydroxylation is 2. The van der Waals surface area contributed by atoms with Gasteiger partial charge in [0.15, 0.2) is 0 Å². The summed E-state index contributed by atoms with van der Waals surface area (Å²) in [6, 6.07) is 7.85. The van der Waals surface area contributed by atoms with E-state index in [-0.39, 0.29) is 16.3 Å². The molecule has 0 bridgehead atoms. The Balaban J connectivity index is 2.36. The fourth-order valence-corrected chi connectivity index (χ4v) is 4.88. The van der Waals surface area contributed by atoms with Gasteiger partial charge in [-0.1, -0.05) is 18.2 Å². The molecule has 0 fully saturated rings. The van der Waals surface area contributed by atoms with E-state index in [1.165, 1.54) is 18.2 Å².